The smallest absolute Gasteiger partial charge is 0.251 e. The molecule has 28 heavy (non-hydrogen) atoms. The summed E-state index contributed by atoms with van der Waals surface area (Å²) < 4.78 is 28.0. The summed E-state index contributed by atoms with van der Waals surface area (Å²) in [7, 11) is -3.50. The fourth-order valence-electron chi connectivity index (χ4n) is 3.84. The number of fused-ring (bicyclic) bond motifs is 1. The van der Waals surface area contributed by atoms with Crippen LogP contribution < -0.4 is 10.0 Å². The monoisotopic (exact) mass is 400 g/mol. The summed E-state index contributed by atoms with van der Waals surface area (Å²) in [5.41, 5.74) is 3.83. The molecule has 0 heterocycles. The Labute approximate surface area is 167 Å². The second kappa shape index (κ2) is 8.45. The van der Waals surface area contributed by atoms with E-state index in [2.05, 4.69) is 10.0 Å². The van der Waals surface area contributed by atoms with E-state index in [9.17, 15) is 13.2 Å². The second-order valence-electron chi connectivity index (χ2n) is 7.75. The average Bonchev–Trinajstić information content (AvgIpc) is 3.11. The van der Waals surface area contributed by atoms with Crippen LogP contribution in [0.1, 0.15) is 54.2 Å². The molecular formula is C22H28N2O3S. The van der Waals surface area contributed by atoms with Gasteiger partial charge < -0.3 is 5.32 Å². The lowest BCUT2D eigenvalue weighted by Gasteiger charge is -2.19. The molecule has 0 saturated heterocycles. The molecule has 5 nitrogen and oxygen atoms in total. The minimum absolute atomic E-state index is 0.0475. The molecule has 3 rings (SSSR count). The predicted molar refractivity (Wildman–Crippen MR) is 111 cm³/mol. The summed E-state index contributed by atoms with van der Waals surface area (Å²) in [6.07, 6.45) is 3.30. The van der Waals surface area contributed by atoms with Crippen molar-refractivity contribution in [2.45, 2.75) is 63.4 Å². The van der Waals surface area contributed by atoms with E-state index < -0.39 is 10.0 Å². The van der Waals surface area contributed by atoms with Gasteiger partial charge in [-0.05, 0) is 81.3 Å². The van der Waals surface area contributed by atoms with Crippen molar-refractivity contribution in [1.29, 1.82) is 0 Å². The van der Waals surface area contributed by atoms with E-state index in [4.69, 9.17) is 0 Å². The maximum absolute atomic E-state index is 12.7. The lowest BCUT2D eigenvalue weighted by molar-refractivity contribution is 0.0940. The number of hydrogen-bond donors (Lipinski definition) is 2. The topological polar surface area (TPSA) is 75.3 Å². The minimum atomic E-state index is -3.50. The van der Waals surface area contributed by atoms with E-state index in [0.717, 1.165) is 36.0 Å². The molecule has 0 fully saturated rings. The number of amides is 1. The summed E-state index contributed by atoms with van der Waals surface area (Å²) in [6, 6.07) is 12.6. The highest BCUT2D eigenvalue weighted by atomic mass is 32.2. The van der Waals surface area contributed by atoms with E-state index in [-0.39, 0.29) is 18.0 Å². The fourth-order valence-corrected chi connectivity index (χ4v) is 5.39. The highest BCUT2D eigenvalue weighted by Crippen LogP contribution is 2.32. The molecule has 2 aromatic carbocycles. The standard InChI is InChI=1S/C22H28N2O3S/c1-15(2)24-28(26,27)21-13-12-18(19-10-7-11-20(19)21)14-16(3)23-22(25)17-8-5-4-6-9-17/h4-6,8-9,12-13,15-16,24H,7,10-11,14H2,1-3H3,(H,23,25). The fraction of sp³-hybridized carbons (Fsp3) is 0.409. The Bertz CT molecular complexity index is 953. The third kappa shape index (κ3) is 4.62. The molecule has 1 atom stereocenters. The molecule has 150 valence electrons. The van der Waals surface area contributed by atoms with E-state index >= 15 is 0 Å². The zero-order valence-corrected chi connectivity index (χ0v) is 17.5. The molecule has 1 amide bonds. The molecule has 1 aliphatic carbocycles. The number of nitrogens with one attached hydrogen (secondary N) is 2. The number of carbonyl (C=O) groups excluding carboxylic acids is 1. The van der Waals surface area contributed by atoms with Gasteiger partial charge >= 0.3 is 0 Å². The van der Waals surface area contributed by atoms with Crippen molar-refractivity contribution in [1.82, 2.24) is 10.0 Å². The maximum atomic E-state index is 12.7. The number of sulfonamides is 1. The quantitative estimate of drug-likeness (QED) is 0.749. The van der Waals surface area contributed by atoms with Gasteiger partial charge in [0.1, 0.15) is 0 Å². The molecule has 6 heteroatoms. The maximum Gasteiger partial charge on any atom is 0.251 e. The lowest BCUT2D eigenvalue weighted by Crippen LogP contribution is -2.34. The van der Waals surface area contributed by atoms with Crippen molar-refractivity contribution in [2.24, 2.45) is 0 Å². The summed E-state index contributed by atoms with van der Waals surface area (Å²) in [6.45, 7) is 5.62. The summed E-state index contributed by atoms with van der Waals surface area (Å²) >= 11 is 0. The Morgan fingerprint density at radius 2 is 1.68 bits per heavy atom. The van der Waals surface area contributed by atoms with Crippen LogP contribution in [0.5, 0.6) is 0 Å². The molecule has 0 spiro atoms. The van der Waals surface area contributed by atoms with Crippen LogP contribution in [0.15, 0.2) is 47.4 Å². The molecule has 2 N–H and O–H groups in total. The number of rotatable bonds is 7. The number of carbonyl (C=O) groups is 1. The van der Waals surface area contributed by atoms with Crippen LogP contribution in [-0.4, -0.2) is 26.4 Å². The van der Waals surface area contributed by atoms with Gasteiger partial charge in [-0.2, -0.15) is 0 Å². The average molecular weight is 401 g/mol. The van der Waals surface area contributed by atoms with E-state index in [1.807, 2.05) is 45.0 Å². The normalized spacial score (nSPS) is 14.7. The number of benzene rings is 2. The predicted octanol–water partition coefficient (Wildman–Crippen LogP) is 3.22. The van der Waals surface area contributed by atoms with Gasteiger partial charge in [-0.3, -0.25) is 4.79 Å². The summed E-state index contributed by atoms with van der Waals surface area (Å²) in [5, 5.41) is 3.04. The second-order valence-corrected chi connectivity index (χ2v) is 9.44. The summed E-state index contributed by atoms with van der Waals surface area (Å²) in [4.78, 5) is 12.8. The third-order valence-corrected chi connectivity index (χ3v) is 6.70. The molecule has 0 aliphatic heterocycles. The first-order valence-corrected chi connectivity index (χ1v) is 11.3. The molecule has 0 bridgehead atoms. The van der Waals surface area contributed by atoms with Crippen molar-refractivity contribution in [3.63, 3.8) is 0 Å². The van der Waals surface area contributed by atoms with Crippen molar-refractivity contribution in [3.05, 3.63) is 64.7 Å². The Morgan fingerprint density at radius 3 is 2.36 bits per heavy atom. The first kappa shape index (κ1) is 20.6. The molecule has 0 aromatic heterocycles. The van der Waals surface area contributed by atoms with Crippen molar-refractivity contribution in [2.75, 3.05) is 0 Å². The van der Waals surface area contributed by atoms with Crippen LogP contribution in [0.3, 0.4) is 0 Å². The Morgan fingerprint density at radius 1 is 1.00 bits per heavy atom. The Kier molecular flexibility index (Phi) is 6.20. The molecule has 1 aliphatic rings. The minimum Gasteiger partial charge on any atom is -0.349 e. The van der Waals surface area contributed by atoms with Crippen LogP contribution in [0.2, 0.25) is 0 Å². The van der Waals surface area contributed by atoms with E-state index in [1.54, 1.807) is 18.2 Å². The Hall–Kier alpha value is -2.18. The van der Waals surface area contributed by atoms with E-state index in [0.29, 0.717) is 16.9 Å². The summed E-state index contributed by atoms with van der Waals surface area (Å²) in [5.74, 6) is -0.0925. The zero-order valence-electron chi connectivity index (χ0n) is 16.7. The van der Waals surface area contributed by atoms with Gasteiger partial charge in [-0.1, -0.05) is 24.3 Å². The molecular weight excluding hydrogens is 372 g/mol. The van der Waals surface area contributed by atoms with Crippen molar-refractivity contribution >= 4 is 15.9 Å². The van der Waals surface area contributed by atoms with Crippen molar-refractivity contribution < 1.29 is 13.2 Å². The van der Waals surface area contributed by atoms with Crippen LogP contribution in [0, 0.1) is 0 Å². The van der Waals surface area contributed by atoms with Gasteiger partial charge in [0.15, 0.2) is 0 Å². The van der Waals surface area contributed by atoms with E-state index in [1.165, 1.54) is 0 Å². The van der Waals surface area contributed by atoms with Gasteiger partial charge in [0.2, 0.25) is 10.0 Å². The lowest BCUT2D eigenvalue weighted by atomic mass is 9.97. The van der Waals surface area contributed by atoms with Crippen LogP contribution in [-0.2, 0) is 29.3 Å². The molecule has 2 aromatic rings. The highest BCUT2D eigenvalue weighted by Gasteiger charge is 2.26. The van der Waals surface area contributed by atoms with Crippen LogP contribution >= 0.6 is 0 Å². The van der Waals surface area contributed by atoms with Gasteiger partial charge in [0.25, 0.3) is 5.91 Å². The first-order valence-electron chi connectivity index (χ1n) is 9.80. The SMILES string of the molecule is CC(C)NS(=O)(=O)c1ccc(CC(C)NC(=O)c2ccccc2)c2c1CCC2. The zero-order chi connectivity index (χ0) is 20.3. The molecule has 0 radical (unpaired) electrons. The molecule has 0 saturated carbocycles. The largest absolute Gasteiger partial charge is 0.349 e. The third-order valence-electron chi connectivity index (χ3n) is 4.96. The Balaban J connectivity index is 1.79. The van der Waals surface area contributed by atoms with Gasteiger partial charge in [0.05, 0.1) is 4.90 Å². The number of hydrogen-bond acceptors (Lipinski definition) is 3. The van der Waals surface area contributed by atoms with Gasteiger partial charge in [0, 0.05) is 17.6 Å². The highest BCUT2D eigenvalue weighted by molar-refractivity contribution is 7.89. The van der Waals surface area contributed by atoms with Gasteiger partial charge in [-0.25, -0.2) is 13.1 Å². The van der Waals surface area contributed by atoms with Gasteiger partial charge in [-0.15, -0.1) is 0 Å². The van der Waals surface area contributed by atoms with Crippen molar-refractivity contribution in [3.8, 4) is 0 Å². The van der Waals surface area contributed by atoms with Crippen LogP contribution in [0.25, 0.3) is 0 Å². The molecule has 1 unspecified atom stereocenters. The van der Waals surface area contributed by atoms with Crippen LogP contribution in [0.4, 0.5) is 0 Å². The first-order chi connectivity index (χ1) is 13.3.